The van der Waals surface area contributed by atoms with Crippen molar-refractivity contribution in [1.29, 1.82) is 0 Å². The van der Waals surface area contributed by atoms with Crippen LogP contribution in [0, 0.1) is 12.8 Å². The minimum absolute atomic E-state index is 0.468. The molecule has 2 nitrogen and oxygen atoms in total. The lowest BCUT2D eigenvalue weighted by Crippen LogP contribution is -2.31. The van der Waals surface area contributed by atoms with Gasteiger partial charge in [0, 0.05) is 23.4 Å². The topological polar surface area (TPSA) is 21.3 Å². The van der Waals surface area contributed by atoms with Gasteiger partial charge in [0.1, 0.15) is 0 Å². The van der Waals surface area contributed by atoms with Crippen LogP contribution in [0.5, 0.6) is 0 Å². The van der Waals surface area contributed by atoms with Gasteiger partial charge in [0.05, 0.1) is 6.61 Å². The smallest absolute Gasteiger partial charge is 0.0512 e. The van der Waals surface area contributed by atoms with Crippen LogP contribution in [-0.4, -0.2) is 20.3 Å². The minimum Gasteiger partial charge on any atom is -0.381 e. The van der Waals surface area contributed by atoms with Gasteiger partial charge >= 0.3 is 0 Å². The highest BCUT2D eigenvalue weighted by molar-refractivity contribution is 7.10. The average molecular weight is 225 g/mol. The van der Waals surface area contributed by atoms with E-state index in [1.165, 1.54) is 23.3 Å². The maximum absolute atomic E-state index is 5.56. The molecule has 0 aromatic carbocycles. The van der Waals surface area contributed by atoms with E-state index in [9.17, 15) is 0 Å². The highest BCUT2D eigenvalue weighted by Gasteiger charge is 2.24. The lowest BCUT2D eigenvalue weighted by atomic mass is 9.90. The molecule has 84 valence electrons. The second-order valence-corrected chi connectivity index (χ2v) is 5.35. The molecule has 15 heavy (non-hydrogen) atoms. The van der Waals surface area contributed by atoms with Gasteiger partial charge in [-0.1, -0.05) is 0 Å². The van der Waals surface area contributed by atoms with Gasteiger partial charge in [0.15, 0.2) is 0 Å². The summed E-state index contributed by atoms with van der Waals surface area (Å²) in [6.07, 6.45) is 2.48. The Morgan fingerprint density at radius 1 is 1.60 bits per heavy atom. The van der Waals surface area contributed by atoms with Crippen LogP contribution in [-0.2, 0) is 4.74 Å². The molecule has 1 aliphatic heterocycles. The minimum atomic E-state index is 0.468. The summed E-state index contributed by atoms with van der Waals surface area (Å²) in [6.45, 7) is 4.01. The Morgan fingerprint density at radius 3 is 3.00 bits per heavy atom. The molecule has 0 saturated carbocycles. The maximum atomic E-state index is 5.56. The van der Waals surface area contributed by atoms with Gasteiger partial charge in [-0.15, -0.1) is 11.3 Å². The van der Waals surface area contributed by atoms with Crippen molar-refractivity contribution >= 4 is 11.3 Å². The molecule has 1 aromatic heterocycles. The summed E-state index contributed by atoms with van der Waals surface area (Å²) in [5.41, 5.74) is 1.43. The van der Waals surface area contributed by atoms with Crippen molar-refractivity contribution in [3.63, 3.8) is 0 Å². The molecular weight excluding hydrogens is 206 g/mol. The number of ether oxygens (including phenoxy) is 1. The van der Waals surface area contributed by atoms with Crippen LogP contribution in [0.2, 0.25) is 0 Å². The molecule has 1 N–H and O–H groups in total. The lowest BCUT2D eigenvalue weighted by Gasteiger charge is -2.29. The number of nitrogens with one attached hydrogen (secondary N) is 1. The Morgan fingerprint density at radius 2 is 2.47 bits per heavy atom. The molecule has 1 fully saturated rings. The molecule has 0 amide bonds. The van der Waals surface area contributed by atoms with Crippen LogP contribution < -0.4 is 5.32 Å². The van der Waals surface area contributed by atoms with E-state index in [-0.39, 0.29) is 0 Å². The fourth-order valence-electron chi connectivity index (χ4n) is 2.33. The first kappa shape index (κ1) is 11.1. The Labute approximate surface area is 95.6 Å². The van der Waals surface area contributed by atoms with Crippen LogP contribution in [0.4, 0.5) is 0 Å². The van der Waals surface area contributed by atoms with Crippen LogP contribution >= 0.6 is 11.3 Å². The molecule has 1 saturated heterocycles. The van der Waals surface area contributed by atoms with E-state index in [2.05, 4.69) is 23.7 Å². The normalized spacial score (nSPS) is 24.0. The number of hydrogen-bond donors (Lipinski definition) is 1. The quantitative estimate of drug-likeness (QED) is 0.854. The monoisotopic (exact) mass is 225 g/mol. The Bertz CT molecular complexity index is 304. The summed E-state index contributed by atoms with van der Waals surface area (Å²) in [6, 6.07) is 2.76. The molecule has 2 unspecified atom stereocenters. The van der Waals surface area contributed by atoms with Gasteiger partial charge < -0.3 is 10.1 Å². The van der Waals surface area contributed by atoms with Crippen molar-refractivity contribution in [1.82, 2.24) is 5.32 Å². The van der Waals surface area contributed by atoms with Crippen LogP contribution in [0.1, 0.15) is 29.3 Å². The van der Waals surface area contributed by atoms with E-state index in [0.717, 1.165) is 13.2 Å². The average Bonchev–Trinajstić information content (AvgIpc) is 2.68. The van der Waals surface area contributed by atoms with Gasteiger partial charge in [0.25, 0.3) is 0 Å². The molecule has 0 bridgehead atoms. The van der Waals surface area contributed by atoms with E-state index in [1.807, 2.05) is 18.4 Å². The zero-order valence-electron chi connectivity index (χ0n) is 9.45. The third-order valence-corrected chi connectivity index (χ3v) is 3.97. The van der Waals surface area contributed by atoms with E-state index in [1.54, 1.807) is 0 Å². The number of aryl methyl sites for hydroxylation is 1. The third kappa shape index (κ3) is 2.60. The predicted octanol–water partition coefficient (Wildman–Crippen LogP) is 2.74. The molecule has 0 spiro atoms. The maximum Gasteiger partial charge on any atom is 0.0512 e. The lowest BCUT2D eigenvalue weighted by molar-refractivity contribution is 0.0402. The van der Waals surface area contributed by atoms with Gasteiger partial charge in [-0.2, -0.15) is 0 Å². The fourth-order valence-corrected chi connectivity index (χ4v) is 3.07. The molecule has 1 aliphatic rings. The van der Waals surface area contributed by atoms with E-state index < -0.39 is 0 Å². The first-order valence-electron chi connectivity index (χ1n) is 5.61. The van der Waals surface area contributed by atoms with Gasteiger partial charge in [-0.25, -0.2) is 0 Å². The Hall–Kier alpha value is -0.380. The van der Waals surface area contributed by atoms with Crippen molar-refractivity contribution < 1.29 is 4.74 Å². The van der Waals surface area contributed by atoms with Crippen LogP contribution in [0.3, 0.4) is 0 Å². The number of hydrogen-bond acceptors (Lipinski definition) is 3. The summed E-state index contributed by atoms with van der Waals surface area (Å²) in [5, 5.41) is 5.70. The van der Waals surface area contributed by atoms with Crippen molar-refractivity contribution in [3.8, 4) is 0 Å². The highest BCUT2D eigenvalue weighted by Crippen LogP contribution is 2.30. The summed E-state index contributed by atoms with van der Waals surface area (Å²) < 4.78 is 5.56. The van der Waals surface area contributed by atoms with Crippen LogP contribution in [0.25, 0.3) is 0 Å². The van der Waals surface area contributed by atoms with Gasteiger partial charge in [-0.05, 0) is 43.8 Å². The molecule has 2 atom stereocenters. The predicted molar refractivity (Wildman–Crippen MR) is 64.4 cm³/mol. The highest BCUT2D eigenvalue weighted by atomic mass is 32.1. The van der Waals surface area contributed by atoms with Crippen LogP contribution in [0.15, 0.2) is 11.4 Å². The van der Waals surface area contributed by atoms with E-state index in [0.29, 0.717) is 12.0 Å². The summed E-state index contributed by atoms with van der Waals surface area (Å²) in [7, 11) is 2.05. The zero-order chi connectivity index (χ0) is 10.7. The standard InChI is InChI=1S/C12H19NOS/c1-9-6-11(8-15-9)12(13-2)10-4-3-5-14-7-10/h6,8,10,12-13H,3-5,7H2,1-2H3. The van der Waals surface area contributed by atoms with E-state index >= 15 is 0 Å². The van der Waals surface area contributed by atoms with Crippen molar-refractivity contribution in [3.05, 3.63) is 21.9 Å². The second-order valence-electron chi connectivity index (χ2n) is 4.23. The van der Waals surface area contributed by atoms with Crippen molar-refractivity contribution in [2.45, 2.75) is 25.8 Å². The molecule has 0 radical (unpaired) electrons. The zero-order valence-corrected chi connectivity index (χ0v) is 10.3. The molecule has 2 heterocycles. The van der Waals surface area contributed by atoms with Crippen molar-refractivity contribution in [2.24, 2.45) is 5.92 Å². The van der Waals surface area contributed by atoms with Gasteiger partial charge in [-0.3, -0.25) is 0 Å². The Balaban J connectivity index is 2.08. The molecule has 3 heteroatoms. The first-order valence-corrected chi connectivity index (χ1v) is 6.49. The number of thiophene rings is 1. The summed E-state index contributed by atoms with van der Waals surface area (Å²) >= 11 is 1.83. The molecular formula is C12H19NOS. The second kappa shape index (κ2) is 5.10. The summed E-state index contributed by atoms with van der Waals surface area (Å²) in [5.74, 6) is 0.637. The molecule has 2 rings (SSSR count). The third-order valence-electron chi connectivity index (χ3n) is 3.09. The fraction of sp³-hybridized carbons (Fsp3) is 0.667. The Kier molecular flexibility index (Phi) is 3.78. The summed E-state index contributed by atoms with van der Waals surface area (Å²) in [4.78, 5) is 1.39. The SMILES string of the molecule is CNC(c1csc(C)c1)C1CCCOC1. The molecule has 0 aliphatic carbocycles. The molecule has 1 aromatic rings. The van der Waals surface area contributed by atoms with Crippen molar-refractivity contribution in [2.75, 3.05) is 20.3 Å². The number of rotatable bonds is 3. The largest absolute Gasteiger partial charge is 0.381 e. The van der Waals surface area contributed by atoms with E-state index in [4.69, 9.17) is 4.74 Å². The van der Waals surface area contributed by atoms with Gasteiger partial charge in [0.2, 0.25) is 0 Å². The first-order chi connectivity index (χ1) is 7.31.